The van der Waals surface area contributed by atoms with Gasteiger partial charge >= 0.3 is 0 Å². The highest BCUT2D eigenvalue weighted by atomic mass is 35.5. The summed E-state index contributed by atoms with van der Waals surface area (Å²) in [6.45, 7) is 0.208. The van der Waals surface area contributed by atoms with Crippen molar-refractivity contribution in [3.63, 3.8) is 0 Å². The van der Waals surface area contributed by atoms with Crippen molar-refractivity contribution in [1.82, 2.24) is 9.97 Å². The number of nitrogens with two attached hydrogens (primary N) is 1. The zero-order valence-electron chi connectivity index (χ0n) is 15.8. The topological polar surface area (TPSA) is 70.3 Å². The van der Waals surface area contributed by atoms with E-state index in [0.717, 1.165) is 11.6 Å². The van der Waals surface area contributed by atoms with E-state index in [1.54, 1.807) is 6.07 Å². The molecule has 1 heterocycles. The first-order chi connectivity index (χ1) is 14.5. The fourth-order valence-electron chi connectivity index (χ4n) is 3.20. The quantitative estimate of drug-likeness (QED) is 0.432. The SMILES string of the molecule is COc1cc(OCc2ccccc2)c(-c2ccc(F)c(Cl)c2F)c2ncnc(N)c12. The summed E-state index contributed by atoms with van der Waals surface area (Å²) in [5.74, 6) is -0.991. The molecule has 4 aromatic rings. The molecule has 0 spiro atoms. The maximum atomic E-state index is 15.0. The molecule has 2 N–H and O–H groups in total. The summed E-state index contributed by atoms with van der Waals surface area (Å²) < 4.78 is 40.2. The van der Waals surface area contributed by atoms with Crippen molar-refractivity contribution in [2.75, 3.05) is 12.8 Å². The van der Waals surface area contributed by atoms with Gasteiger partial charge in [-0.3, -0.25) is 0 Å². The van der Waals surface area contributed by atoms with Crippen LogP contribution < -0.4 is 15.2 Å². The Morgan fingerprint density at radius 1 is 1.03 bits per heavy atom. The standard InChI is InChI=1S/C22H16ClF2N3O2/c1-29-15-9-16(30-10-12-5-3-2-4-6-12)17(21-18(15)22(26)28-11-27-21)13-7-8-14(24)19(23)20(13)25/h2-9,11H,10H2,1H3,(H2,26,27,28). The lowest BCUT2D eigenvalue weighted by molar-refractivity contribution is 0.305. The Hall–Kier alpha value is -3.45. The summed E-state index contributed by atoms with van der Waals surface area (Å²) in [5, 5.41) is -0.227. The molecule has 4 rings (SSSR count). The fraction of sp³-hybridized carbons (Fsp3) is 0.0909. The van der Waals surface area contributed by atoms with Crippen molar-refractivity contribution in [2.24, 2.45) is 0 Å². The molecule has 0 aliphatic carbocycles. The number of rotatable bonds is 5. The second-order valence-electron chi connectivity index (χ2n) is 6.43. The van der Waals surface area contributed by atoms with Gasteiger partial charge < -0.3 is 15.2 Å². The van der Waals surface area contributed by atoms with Crippen LogP contribution in [0.25, 0.3) is 22.0 Å². The van der Waals surface area contributed by atoms with Crippen LogP contribution in [-0.2, 0) is 6.61 Å². The highest BCUT2D eigenvalue weighted by Gasteiger charge is 2.23. The van der Waals surface area contributed by atoms with Gasteiger partial charge in [-0.1, -0.05) is 41.9 Å². The van der Waals surface area contributed by atoms with E-state index in [9.17, 15) is 8.78 Å². The monoisotopic (exact) mass is 427 g/mol. The van der Waals surface area contributed by atoms with Gasteiger partial charge in [0, 0.05) is 11.6 Å². The third kappa shape index (κ3) is 3.48. The summed E-state index contributed by atoms with van der Waals surface area (Å²) >= 11 is 5.83. The van der Waals surface area contributed by atoms with Crippen LogP contribution in [0.2, 0.25) is 5.02 Å². The normalized spacial score (nSPS) is 10.9. The molecule has 30 heavy (non-hydrogen) atoms. The maximum Gasteiger partial charge on any atom is 0.152 e. The summed E-state index contributed by atoms with van der Waals surface area (Å²) in [7, 11) is 1.47. The molecule has 0 aliphatic rings. The van der Waals surface area contributed by atoms with Gasteiger partial charge in [0.1, 0.15) is 41.1 Å². The van der Waals surface area contributed by atoms with E-state index in [1.807, 2.05) is 30.3 Å². The number of nitrogen functional groups attached to an aromatic ring is 1. The Bertz CT molecular complexity index is 1240. The number of ether oxygens (including phenoxy) is 2. The molecule has 152 valence electrons. The largest absolute Gasteiger partial charge is 0.496 e. The number of aromatic nitrogens is 2. The molecule has 8 heteroatoms. The minimum atomic E-state index is -0.926. The predicted molar refractivity (Wildman–Crippen MR) is 112 cm³/mol. The van der Waals surface area contributed by atoms with Gasteiger partial charge in [0.2, 0.25) is 0 Å². The van der Waals surface area contributed by atoms with Crippen LogP contribution in [0, 0.1) is 11.6 Å². The molecule has 1 aromatic heterocycles. The van der Waals surface area contributed by atoms with Crippen molar-refractivity contribution < 1.29 is 18.3 Å². The molecular formula is C22H16ClF2N3O2. The van der Waals surface area contributed by atoms with E-state index in [-0.39, 0.29) is 29.3 Å². The lowest BCUT2D eigenvalue weighted by atomic mass is 9.99. The first kappa shape index (κ1) is 19.8. The van der Waals surface area contributed by atoms with Crippen molar-refractivity contribution in [3.8, 4) is 22.6 Å². The van der Waals surface area contributed by atoms with Crippen molar-refractivity contribution in [1.29, 1.82) is 0 Å². The van der Waals surface area contributed by atoms with Gasteiger partial charge in [-0.25, -0.2) is 18.7 Å². The van der Waals surface area contributed by atoms with E-state index >= 15 is 0 Å². The van der Waals surface area contributed by atoms with Crippen LogP contribution in [0.5, 0.6) is 11.5 Å². The summed E-state index contributed by atoms with van der Waals surface area (Å²) in [5.41, 5.74) is 7.53. The van der Waals surface area contributed by atoms with Crippen LogP contribution >= 0.6 is 11.6 Å². The van der Waals surface area contributed by atoms with E-state index in [2.05, 4.69) is 9.97 Å². The number of benzene rings is 3. The molecule has 0 amide bonds. The predicted octanol–water partition coefficient (Wildman–Crippen LogP) is 5.40. The Morgan fingerprint density at radius 2 is 1.80 bits per heavy atom. The average Bonchev–Trinajstić information content (AvgIpc) is 2.77. The Kier molecular flexibility index (Phi) is 5.37. The molecule has 0 saturated heterocycles. The number of hydrogen-bond donors (Lipinski definition) is 1. The molecule has 0 atom stereocenters. The van der Waals surface area contributed by atoms with E-state index < -0.39 is 16.7 Å². The summed E-state index contributed by atoms with van der Waals surface area (Å²) in [6.07, 6.45) is 1.25. The van der Waals surface area contributed by atoms with E-state index in [4.69, 9.17) is 26.8 Å². The smallest absolute Gasteiger partial charge is 0.152 e. The third-order valence-electron chi connectivity index (χ3n) is 4.63. The van der Waals surface area contributed by atoms with Gasteiger partial charge in [0.05, 0.1) is 23.6 Å². The van der Waals surface area contributed by atoms with Gasteiger partial charge in [-0.2, -0.15) is 0 Å². The van der Waals surface area contributed by atoms with Crippen molar-refractivity contribution in [3.05, 3.63) is 77.1 Å². The van der Waals surface area contributed by atoms with Gasteiger partial charge in [0.25, 0.3) is 0 Å². The number of halogens is 3. The van der Waals surface area contributed by atoms with Crippen LogP contribution in [-0.4, -0.2) is 17.1 Å². The zero-order valence-corrected chi connectivity index (χ0v) is 16.6. The van der Waals surface area contributed by atoms with E-state index in [1.165, 1.54) is 19.5 Å². The highest BCUT2D eigenvalue weighted by molar-refractivity contribution is 6.31. The number of nitrogens with zero attached hydrogens (tertiary/aromatic N) is 2. The zero-order chi connectivity index (χ0) is 21.3. The second kappa shape index (κ2) is 8.12. The molecule has 5 nitrogen and oxygen atoms in total. The van der Waals surface area contributed by atoms with Crippen LogP contribution in [0.1, 0.15) is 5.56 Å². The van der Waals surface area contributed by atoms with Crippen molar-refractivity contribution >= 4 is 28.3 Å². The third-order valence-corrected chi connectivity index (χ3v) is 4.98. The van der Waals surface area contributed by atoms with E-state index in [0.29, 0.717) is 16.7 Å². The molecule has 0 saturated carbocycles. The number of methoxy groups -OCH3 is 1. The minimum absolute atomic E-state index is 0.0233. The fourth-order valence-corrected chi connectivity index (χ4v) is 3.37. The lowest BCUT2D eigenvalue weighted by Gasteiger charge is -2.18. The lowest BCUT2D eigenvalue weighted by Crippen LogP contribution is -2.03. The van der Waals surface area contributed by atoms with Crippen LogP contribution in [0.15, 0.2) is 54.9 Å². The Balaban J connectivity index is 1.98. The Labute approximate surface area is 176 Å². The van der Waals surface area contributed by atoms with Crippen LogP contribution in [0.4, 0.5) is 14.6 Å². The molecule has 3 aromatic carbocycles. The molecule has 0 fully saturated rings. The molecule has 0 radical (unpaired) electrons. The molecular weight excluding hydrogens is 412 g/mol. The van der Waals surface area contributed by atoms with Crippen molar-refractivity contribution in [2.45, 2.75) is 6.61 Å². The first-order valence-electron chi connectivity index (χ1n) is 8.93. The summed E-state index contributed by atoms with van der Waals surface area (Å²) in [4.78, 5) is 8.28. The number of anilines is 1. The Morgan fingerprint density at radius 3 is 2.53 bits per heavy atom. The highest BCUT2D eigenvalue weighted by Crippen LogP contribution is 2.44. The first-order valence-corrected chi connectivity index (χ1v) is 9.30. The molecule has 0 bridgehead atoms. The summed E-state index contributed by atoms with van der Waals surface area (Å²) in [6, 6.07) is 13.4. The number of hydrogen-bond acceptors (Lipinski definition) is 5. The van der Waals surface area contributed by atoms with Gasteiger partial charge in [-0.05, 0) is 17.7 Å². The molecule has 0 unspecified atom stereocenters. The maximum absolute atomic E-state index is 15.0. The molecule has 0 aliphatic heterocycles. The van der Waals surface area contributed by atoms with Gasteiger partial charge in [-0.15, -0.1) is 0 Å². The number of fused-ring (bicyclic) bond motifs is 1. The van der Waals surface area contributed by atoms with Crippen LogP contribution in [0.3, 0.4) is 0 Å². The minimum Gasteiger partial charge on any atom is -0.496 e. The van der Waals surface area contributed by atoms with Gasteiger partial charge in [0.15, 0.2) is 5.82 Å². The second-order valence-corrected chi connectivity index (χ2v) is 6.81. The average molecular weight is 428 g/mol.